The van der Waals surface area contributed by atoms with E-state index in [4.69, 9.17) is 21.9 Å². The number of hydrogen-bond acceptors (Lipinski definition) is 7. The minimum absolute atomic E-state index is 0.0712. The van der Waals surface area contributed by atoms with Crippen LogP contribution in [0.15, 0.2) is 50.2 Å². The fraction of sp³-hybridized carbons (Fsp3) is 0. The number of aromatic amines is 1. The molecule has 2 heterocycles. The summed E-state index contributed by atoms with van der Waals surface area (Å²) in [6.45, 7) is 0. The zero-order chi connectivity index (χ0) is 18.3. The van der Waals surface area contributed by atoms with Crippen LogP contribution in [0.3, 0.4) is 0 Å². The lowest BCUT2D eigenvalue weighted by Crippen LogP contribution is -2.13. The zero-order valence-corrected chi connectivity index (χ0v) is 13.7. The average Bonchev–Trinajstić information content (AvgIpc) is 3.22. The summed E-state index contributed by atoms with van der Waals surface area (Å²) >= 11 is 6.00. The minimum atomic E-state index is -0.727. The Hall–Kier alpha value is -3.59. The third-order valence-corrected chi connectivity index (χ3v) is 3.87. The molecule has 0 spiro atoms. The molecule has 0 saturated carbocycles. The number of anilines is 2. The summed E-state index contributed by atoms with van der Waals surface area (Å²) in [5.41, 5.74) is 7.46. The first-order valence-electron chi connectivity index (χ1n) is 7.33. The second kappa shape index (κ2) is 6.05. The van der Waals surface area contributed by atoms with Crippen molar-refractivity contribution in [2.75, 3.05) is 11.1 Å². The van der Waals surface area contributed by atoms with E-state index in [1.165, 1.54) is 6.07 Å². The molecule has 4 aromatic rings. The molecule has 0 fully saturated rings. The lowest BCUT2D eigenvalue weighted by molar-refractivity contribution is 0.102. The first kappa shape index (κ1) is 15.9. The molecule has 2 aromatic carbocycles. The van der Waals surface area contributed by atoms with E-state index < -0.39 is 11.7 Å². The Morgan fingerprint density at radius 2 is 2.00 bits per heavy atom. The Balaban J connectivity index is 1.74. The smallest absolute Gasteiger partial charge is 0.399 e. The average molecular weight is 372 g/mol. The first-order valence-corrected chi connectivity index (χ1v) is 7.71. The highest BCUT2D eigenvalue weighted by Gasteiger charge is 2.19. The van der Waals surface area contributed by atoms with Gasteiger partial charge in [0.05, 0.1) is 11.1 Å². The Morgan fingerprint density at radius 3 is 2.77 bits per heavy atom. The Morgan fingerprint density at radius 1 is 1.15 bits per heavy atom. The van der Waals surface area contributed by atoms with Crippen molar-refractivity contribution in [3.05, 3.63) is 57.7 Å². The van der Waals surface area contributed by atoms with E-state index in [-0.39, 0.29) is 11.5 Å². The van der Waals surface area contributed by atoms with Crippen LogP contribution >= 0.6 is 11.6 Å². The molecule has 4 N–H and O–H groups in total. The number of carbonyl (C=O) groups excluding carboxylic acids is 1. The number of rotatable bonds is 3. The summed E-state index contributed by atoms with van der Waals surface area (Å²) in [7, 11) is 0. The van der Waals surface area contributed by atoms with Gasteiger partial charge in [0.2, 0.25) is 0 Å². The van der Waals surface area contributed by atoms with Crippen molar-refractivity contribution in [1.29, 1.82) is 0 Å². The van der Waals surface area contributed by atoms with Gasteiger partial charge in [-0.1, -0.05) is 21.9 Å². The normalized spacial score (nSPS) is 11.0. The summed E-state index contributed by atoms with van der Waals surface area (Å²) in [6, 6.07) is 9.55. The molecule has 26 heavy (non-hydrogen) atoms. The lowest BCUT2D eigenvalue weighted by Gasteiger charge is -2.08. The molecule has 130 valence electrons. The maximum Gasteiger partial charge on any atom is 0.439 e. The van der Waals surface area contributed by atoms with Crippen LogP contribution in [-0.2, 0) is 0 Å². The molecule has 0 radical (unpaired) electrons. The summed E-state index contributed by atoms with van der Waals surface area (Å²) in [5, 5.41) is 11.0. The van der Waals surface area contributed by atoms with Crippen molar-refractivity contribution in [3.63, 3.8) is 0 Å². The molecule has 0 aliphatic rings. The second-order valence-corrected chi connectivity index (χ2v) is 5.81. The molecule has 4 rings (SSSR count). The SMILES string of the molecule is Nc1ccc2onc(C(=O)Nc3ccc(Cl)cc3-c3noc(=O)[nH]3)c2c1. The number of nitrogens with one attached hydrogen (secondary N) is 2. The molecule has 9 nitrogen and oxygen atoms in total. The van der Waals surface area contributed by atoms with Crippen molar-refractivity contribution in [3.8, 4) is 11.4 Å². The molecular formula is C16H10ClN5O4. The van der Waals surface area contributed by atoms with E-state index in [0.29, 0.717) is 32.9 Å². The Bertz CT molecular complexity index is 1190. The molecule has 10 heteroatoms. The summed E-state index contributed by atoms with van der Waals surface area (Å²) in [4.78, 5) is 26.3. The van der Waals surface area contributed by atoms with Gasteiger partial charge in [0.15, 0.2) is 17.1 Å². The molecule has 0 aliphatic carbocycles. The third kappa shape index (κ3) is 2.80. The maximum absolute atomic E-state index is 12.7. The van der Waals surface area contributed by atoms with Gasteiger partial charge in [-0.25, -0.2) is 4.79 Å². The van der Waals surface area contributed by atoms with Crippen LogP contribution in [0.1, 0.15) is 10.5 Å². The number of hydrogen-bond donors (Lipinski definition) is 3. The summed E-state index contributed by atoms with van der Waals surface area (Å²) < 4.78 is 9.64. The number of aromatic nitrogens is 3. The fourth-order valence-corrected chi connectivity index (χ4v) is 2.64. The van der Waals surface area contributed by atoms with Crippen LogP contribution in [0, 0.1) is 0 Å². The number of nitrogens with zero attached hydrogens (tertiary/aromatic N) is 2. The largest absolute Gasteiger partial charge is 0.439 e. The van der Waals surface area contributed by atoms with Gasteiger partial charge in [0, 0.05) is 16.3 Å². The molecule has 0 saturated heterocycles. The number of benzene rings is 2. The first-order chi connectivity index (χ1) is 12.5. The molecule has 0 unspecified atom stereocenters. The molecular weight excluding hydrogens is 362 g/mol. The number of fused-ring (bicyclic) bond motifs is 1. The number of amides is 1. The number of H-pyrrole nitrogens is 1. The number of nitrogens with two attached hydrogens (primary N) is 1. The predicted octanol–water partition coefficient (Wildman–Crippen LogP) is 2.66. The minimum Gasteiger partial charge on any atom is -0.399 e. The van der Waals surface area contributed by atoms with Gasteiger partial charge in [0.1, 0.15) is 0 Å². The van der Waals surface area contributed by atoms with Crippen molar-refractivity contribution in [2.45, 2.75) is 0 Å². The van der Waals surface area contributed by atoms with Gasteiger partial charge < -0.3 is 15.6 Å². The highest BCUT2D eigenvalue weighted by Crippen LogP contribution is 2.29. The van der Waals surface area contributed by atoms with Crippen LogP contribution in [0.2, 0.25) is 5.02 Å². The van der Waals surface area contributed by atoms with Crippen LogP contribution in [-0.4, -0.2) is 21.2 Å². The van der Waals surface area contributed by atoms with Gasteiger partial charge in [-0.15, -0.1) is 0 Å². The van der Waals surface area contributed by atoms with E-state index in [1.54, 1.807) is 30.3 Å². The van der Waals surface area contributed by atoms with Crippen LogP contribution in [0.5, 0.6) is 0 Å². The van der Waals surface area contributed by atoms with Crippen molar-refractivity contribution in [2.24, 2.45) is 0 Å². The van der Waals surface area contributed by atoms with Gasteiger partial charge in [-0.2, -0.15) is 0 Å². The number of nitrogen functional groups attached to an aromatic ring is 1. The standard InChI is InChI=1S/C16H10ClN5O4/c17-7-1-3-11(9(5-7)14-20-16(24)26-22-14)19-15(23)13-10-6-8(18)2-4-12(10)25-21-13/h1-6H,18H2,(H,19,23)(H,20,22,24). The third-order valence-electron chi connectivity index (χ3n) is 3.63. The van der Waals surface area contributed by atoms with E-state index in [1.807, 2.05) is 0 Å². The molecule has 2 aromatic heterocycles. The quantitative estimate of drug-likeness (QED) is 0.470. The predicted molar refractivity (Wildman–Crippen MR) is 93.9 cm³/mol. The number of carbonyl (C=O) groups is 1. The van der Waals surface area contributed by atoms with Crippen molar-refractivity contribution >= 4 is 39.9 Å². The van der Waals surface area contributed by atoms with Gasteiger partial charge in [-0.3, -0.25) is 14.3 Å². The molecule has 0 aliphatic heterocycles. The zero-order valence-electron chi connectivity index (χ0n) is 12.9. The fourth-order valence-electron chi connectivity index (χ4n) is 2.47. The number of halogens is 1. The maximum atomic E-state index is 12.7. The topological polar surface area (TPSA) is 140 Å². The van der Waals surface area contributed by atoms with Gasteiger partial charge in [0.25, 0.3) is 5.91 Å². The van der Waals surface area contributed by atoms with Crippen molar-refractivity contribution < 1.29 is 13.8 Å². The van der Waals surface area contributed by atoms with Gasteiger partial charge >= 0.3 is 5.76 Å². The highest BCUT2D eigenvalue weighted by atomic mass is 35.5. The lowest BCUT2D eigenvalue weighted by atomic mass is 10.1. The molecule has 1 amide bonds. The van der Waals surface area contributed by atoms with Crippen LogP contribution < -0.4 is 16.8 Å². The van der Waals surface area contributed by atoms with Gasteiger partial charge in [-0.05, 0) is 36.4 Å². The summed E-state index contributed by atoms with van der Waals surface area (Å²) in [6.07, 6.45) is 0. The van der Waals surface area contributed by atoms with Crippen LogP contribution in [0.25, 0.3) is 22.4 Å². The highest BCUT2D eigenvalue weighted by molar-refractivity contribution is 6.31. The van der Waals surface area contributed by atoms with Crippen LogP contribution in [0.4, 0.5) is 11.4 Å². The molecule has 0 atom stereocenters. The monoisotopic (exact) mass is 371 g/mol. The molecule has 0 bridgehead atoms. The van der Waals surface area contributed by atoms with E-state index in [2.05, 4.69) is 25.1 Å². The van der Waals surface area contributed by atoms with E-state index in [9.17, 15) is 9.59 Å². The Kier molecular flexibility index (Phi) is 3.70. The van der Waals surface area contributed by atoms with E-state index in [0.717, 1.165) is 0 Å². The second-order valence-electron chi connectivity index (χ2n) is 5.37. The summed E-state index contributed by atoms with van der Waals surface area (Å²) in [5.74, 6) is -1.12. The van der Waals surface area contributed by atoms with Crippen molar-refractivity contribution in [1.82, 2.24) is 15.3 Å². The van der Waals surface area contributed by atoms with E-state index >= 15 is 0 Å². The Labute approximate surface area is 149 Å².